The van der Waals surface area contributed by atoms with E-state index >= 15 is 0 Å². The summed E-state index contributed by atoms with van der Waals surface area (Å²) >= 11 is 0. The van der Waals surface area contributed by atoms with Crippen LogP contribution < -0.4 is 9.47 Å². The highest BCUT2D eigenvalue weighted by atomic mass is 32.2. The zero-order valence-corrected chi connectivity index (χ0v) is 21.3. The Morgan fingerprint density at radius 3 is 2.43 bits per heavy atom. The van der Waals surface area contributed by atoms with E-state index in [1.807, 2.05) is 12.1 Å². The van der Waals surface area contributed by atoms with Crippen molar-refractivity contribution in [2.75, 3.05) is 41.0 Å². The normalized spacial score (nSPS) is 24.9. The fourth-order valence-electron chi connectivity index (χ4n) is 6.01. The van der Waals surface area contributed by atoms with Crippen LogP contribution in [0, 0.1) is 5.92 Å². The fourth-order valence-corrected chi connectivity index (χ4v) is 7.20. The Morgan fingerprint density at radius 1 is 1.06 bits per heavy atom. The van der Waals surface area contributed by atoms with Crippen molar-refractivity contribution in [3.8, 4) is 11.5 Å². The maximum atomic E-state index is 13.3. The van der Waals surface area contributed by atoms with Crippen LogP contribution in [0.5, 0.6) is 11.5 Å². The summed E-state index contributed by atoms with van der Waals surface area (Å²) in [4.78, 5) is 0.300. The minimum Gasteiger partial charge on any atom is -0.493 e. The van der Waals surface area contributed by atoms with Gasteiger partial charge in [-0.05, 0) is 54.2 Å². The second kappa shape index (κ2) is 9.24. The summed E-state index contributed by atoms with van der Waals surface area (Å²) in [7, 11) is 1.33. The van der Waals surface area contributed by atoms with Gasteiger partial charge in [0.1, 0.15) is 0 Å². The number of hydrogen-bond donors (Lipinski definition) is 0. The SMILES string of the molecule is COc1cc2c(cc1OC)[C@]1(CCN(C)S(=O)(=O)c3ccccc3)CC3(CC[C@H]1C=C2)OCCO3. The fraction of sp³-hybridized carbons (Fsp3) is 0.481. The van der Waals surface area contributed by atoms with Crippen LogP contribution >= 0.6 is 0 Å². The quantitative estimate of drug-likeness (QED) is 0.568. The van der Waals surface area contributed by atoms with Gasteiger partial charge in [0.15, 0.2) is 17.3 Å². The number of fused-ring (bicyclic) bond motifs is 3. The van der Waals surface area contributed by atoms with Gasteiger partial charge in [0, 0.05) is 31.8 Å². The van der Waals surface area contributed by atoms with E-state index in [-0.39, 0.29) is 11.3 Å². The first-order valence-corrected chi connectivity index (χ1v) is 13.5. The number of methoxy groups -OCH3 is 2. The summed E-state index contributed by atoms with van der Waals surface area (Å²) in [6, 6.07) is 12.7. The molecule has 1 saturated heterocycles. The second-order valence-corrected chi connectivity index (χ2v) is 11.7. The monoisotopic (exact) mass is 499 g/mol. The third-order valence-corrected chi connectivity index (χ3v) is 9.74. The van der Waals surface area contributed by atoms with Crippen LogP contribution in [0.1, 0.15) is 36.8 Å². The van der Waals surface area contributed by atoms with Crippen molar-refractivity contribution in [1.82, 2.24) is 4.31 Å². The highest BCUT2D eigenvalue weighted by molar-refractivity contribution is 7.89. The molecular weight excluding hydrogens is 466 g/mol. The van der Waals surface area contributed by atoms with E-state index in [2.05, 4.69) is 18.2 Å². The summed E-state index contributed by atoms with van der Waals surface area (Å²) in [5, 5.41) is 0. The van der Waals surface area contributed by atoms with Gasteiger partial charge in [-0.1, -0.05) is 30.4 Å². The lowest BCUT2D eigenvalue weighted by atomic mass is 9.56. The molecule has 8 heteroatoms. The Hall–Kier alpha value is -2.39. The molecule has 188 valence electrons. The summed E-state index contributed by atoms with van der Waals surface area (Å²) in [5.74, 6) is 0.938. The van der Waals surface area contributed by atoms with Crippen molar-refractivity contribution in [3.63, 3.8) is 0 Å². The molecule has 35 heavy (non-hydrogen) atoms. The molecule has 1 spiro atoms. The number of benzene rings is 2. The van der Waals surface area contributed by atoms with Gasteiger partial charge in [0.2, 0.25) is 10.0 Å². The highest BCUT2D eigenvalue weighted by Crippen LogP contribution is 2.56. The lowest BCUT2D eigenvalue weighted by molar-refractivity contribution is -0.198. The molecule has 0 aromatic heterocycles. The van der Waals surface area contributed by atoms with E-state index in [1.54, 1.807) is 45.5 Å². The van der Waals surface area contributed by atoms with Crippen molar-refractivity contribution in [2.24, 2.45) is 5.92 Å². The largest absolute Gasteiger partial charge is 0.493 e. The molecule has 0 N–H and O–H groups in total. The standard InChI is InChI=1S/C27H33NO6S/c1-28(35(29,30)22-7-5-4-6-8-22)14-13-26-19-27(33-15-16-34-27)12-11-21(26)10-9-20-17-24(31-2)25(32-3)18-23(20)26/h4-10,17-18,21H,11-16,19H2,1-3H3/t21-,26-/m1/s1. The average molecular weight is 500 g/mol. The molecule has 3 aliphatic rings. The van der Waals surface area contributed by atoms with E-state index in [1.165, 1.54) is 4.31 Å². The highest BCUT2D eigenvalue weighted by Gasteiger charge is 2.54. The van der Waals surface area contributed by atoms with Crippen molar-refractivity contribution < 1.29 is 27.4 Å². The summed E-state index contributed by atoms with van der Waals surface area (Å²) in [6.07, 6.45) is 7.43. The van der Waals surface area contributed by atoms with E-state index in [0.717, 1.165) is 24.0 Å². The van der Waals surface area contributed by atoms with Gasteiger partial charge in [-0.15, -0.1) is 0 Å². The van der Waals surface area contributed by atoms with E-state index in [4.69, 9.17) is 18.9 Å². The molecule has 1 saturated carbocycles. The van der Waals surface area contributed by atoms with Crippen LogP contribution in [-0.4, -0.2) is 59.5 Å². The van der Waals surface area contributed by atoms with Crippen LogP contribution in [0.3, 0.4) is 0 Å². The number of sulfonamides is 1. The average Bonchev–Trinajstić information content (AvgIpc) is 3.34. The van der Waals surface area contributed by atoms with Crippen LogP contribution in [0.15, 0.2) is 53.4 Å². The van der Waals surface area contributed by atoms with Crippen LogP contribution in [0.25, 0.3) is 6.08 Å². The molecule has 2 aromatic carbocycles. The predicted octanol–water partition coefficient (Wildman–Crippen LogP) is 4.22. The minimum atomic E-state index is -3.60. The lowest BCUT2D eigenvalue weighted by Crippen LogP contribution is -2.51. The van der Waals surface area contributed by atoms with Gasteiger partial charge >= 0.3 is 0 Å². The predicted molar refractivity (Wildman–Crippen MR) is 133 cm³/mol. The van der Waals surface area contributed by atoms with Crippen molar-refractivity contribution >= 4 is 16.1 Å². The molecular formula is C27H33NO6S. The maximum absolute atomic E-state index is 13.3. The number of allylic oxidation sites excluding steroid dienone is 1. The number of hydrogen-bond acceptors (Lipinski definition) is 6. The van der Waals surface area contributed by atoms with Crippen LogP contribution in [0.4, 0.5) is 0 Å². The Morgan fingerprint density at radius 2 is 1.74 bits per heavy atom. The molecule has 0 radical (unpaired) electrons. The summed E-state index contributed by atoms with van der Waals surface area (Å²) < 4.78 is 51.6. The molecule has 2 fully saturated rings. The van der Waals surface area contributed by atoms with Crippen LogP contribution in [0.2, 0.25) is 0 Å². The molecule has 2 atom stereocenters. The molecule has 7 nitrogen and oxygen atoms in total. The van der Waals surface area contributed by atoms with E-state index < -0.39 is 15.8 Å². The van der Waals surface area contributed by atoms with Crippen LogP contribution in [-0.2, 0) is 24.9 Å². The van der Waals surface area contributed by atoms with Gasteiger partial charge in [-0.2, -0.15) is 0 Å². The third-order valence-electron chi connectivity index (χ3n) is 7.87. The number of nitrogens with zero attached hydrogens (tertiary/aromatic N) is 1. The molecule has 2 aromatic rings. The first-order chi connectivity index (χ1) is 16.8. The first kappa shape index (κ1) is 24.3. The van der Waals surface area contributed by atoms with Gasteiger partial charge < -0.3 is 18.9 Å². The maximum Gasteiger partial charge on any atom is 0.242 e. The minimum absolute atomic E-state index is 0.236. The Balaban J connectivity index is 1.54. The van der Waals surface area contributed by atoms with Gasteiger partial charge in [-0.25, -0.2) is 12.7 Å². The van der Waals surface area contributed by atoms with Gasteiger partial charge in [0.25, 0.3) is 0 Å². The molecule has 2 aliphatic carbocycles. The zero-order chi connectivity index (χ0) is 24.7. The molecule has 0 unspecified atom stereocenters. The van der Waals surface area contributed by atoms with E-state index in [0.29, 0.717) is 49.0 Å². The first-order valence-electron chi connectivity index (χ1n) is 12.1. The Kier molecular flexibility index (Phi) is 6.42. The molecule has 1 aliphatic heterocycles. The topological polar surface area (TPSA) is 74.3 Å². The zero-order valence-electron chi connectivity index (χ0n) is 20.5. The van der Waals surface area contributed by atoms with Crippen molar-refractivity contribution in [1.29, 1.82) is 0 Å². The molecule has 0 amide bonds. The summed E-state index contributed by atoms with van der Waals surface area (Å²) in [6.45, 7) is 1.53. The van der Waals surface area contributed by atoms with Gasteiger partial charge in [-0.3, -0.25) is 0 Å². The van der Waals surface area contributed by atoms with Crippen molar-refractivity contribution in [2.45, 2.75) is 41.8 Å². The summed E-state index contributed by atoms with van der Waals surface area (Å²) in [5.41, 5.74) is 1.82. The second-order valence-electron chi connectivity index (χ2n) is 9.63. The third kappa shape index (κ3) is 4.16. The van der Waals surface area contributed by atoms with Gasteiger partial charge in [0.05, 0.1) is 32.3 Å². The molecule has 1 heterocycles. The molecule has 0 bridgehead atoms. The molecule has 5 rings (SSSR count). The smallest absolute Gasteiger partial charge is 0.242 e. The van der Waals surface area contributed by atoms with E-state index in [9.17, 15) is 8.42 Å². The number of rotatable bonds is 7. The Labute approximate surface area is 207 Å². The lowest BCUT2D eigenvalue weighted by Gasteiger charge is -2.52. The number of ether oxygens (including phenoxy) is 4. The van der Waals surface area contributed by atoms with Crippen molar-refractivity contribution in [3.05, 3.63) is 59.7 Å². The Bertz CT molecular complexity index is 1210.